The molecule has 1 radical (unpaired) electrons. The lowest BCUT2D eigenvalue weighted by Gasteiger charge is -2.23. The van der Waals surface area contributed by atoms with Gasteiger partial charge in [-0.25, -0.2) is 5.32 Å². The minimum atomic E-state index is 0.850. The van der Waals surface area contributed by atoms with Crippen LogP contribution >= 0.6 is 0 Å². The molecule has 2 aromatic carbocycles. The molecule has 0 fully saturated rings. The van der Waals surface area contributed by atoms with Crippen LogP contribution in [0.5, 0.6) is 11.5 Å². The summed E-state index contributed by atoms with van der Waals surface area (Å²) in [5.74, 6) is 1.74. The fourth-order valence-corrected chi connectivity index (χ4v) is 2.66. The van der Waals surface area contributed by atoms with Crippen LogP contribution in [-0.4, -0.2) is 0 Å². The standard InChI is InChI=1S/C18H20NO/c1-3-4-5-8-14-13(2)11-12-17-18(14)19-15-9-6-7-10-16(15)20-17/h6-7,9-12H,3-5,8H2,1-2H3. The lowest BCUT2D eigenvalue weighted by Crippen LogP contribution is -2.06. The number of hydrogen-bond donors (Lipinski definition) is 0. The van der Waals surface area contributed by atoms with Crippen molar-refractivity contribution in [2.24, 2.45) is 0 Å². The fourth-order valence-electron chi connectivity index (χ4n) is 2.66. The van der Waals surface area contributed by atoms with E-state index in [1.54, 1.807) is 0 Å². The number of aryl methyl sites for hydroxylation is 1. The fraction of sp³-hybridized carbons (Fsp3) is 0.333. The van der Waals surface area contributed by atoms with Crippen molar-refractivity contribution in [2.75, 3.05) is 0 Å². The second kappa shape index (κ2) is 5.58. The number of hydrogen-bond acceptors (Lipinski definition) is 1. The zero-order valence-corrected chi connectivity index (χ0v) is 12.1. The molecule has 0 aromatic heterocycles. The maximum atomic E-state index is 5.99. The summed E-state index contributed by atoms with van der Waals surface area (Å²) in [6.45, 7) is 4.40. The smallest absolute Gasteiger partial charge is 0.153 e. The van der Waals surface area contributed by atoms with E-state index in [0.717, 1.165) is 29.3 Å². The van der Waals surface area contributed by atoms with E-state index in [9.17, 15) is 0 Å². The molecule has 0 bridgehead atoms. The molecule has 0 saturated carbocycles. The Hall–Kier alpha value is -1.96. The zero-order valence-electron chi connectivity index (χ0n) is 12.1. The summed E-state index contributed by atoms with van der Waals surface area (Å²) in [6, 6.07) is 12.1. The molecule has 0 spiro atoms. The van der Waals surface area contributed by atoms with E-state index in [1.165, 1.54) is 30.4 Å². The van der Waals surface area contributed by atoms with E-state index >= 15 is 0 Å². The van der Waals surface area contributed by atoms with Gasteiger partial charge in [0.15, 0.2) is 11.5 Å². The molecule has 0 amide bonds. The number of para-hydroxylation sites is 2. The van der Waals surface area contributed by atoms with Crippen molar-refractivity contribution in [3.05, 3.63) is 47.5 Å². The number of nitrogens with zero attached hydrogens (tertiary/aromatic N) is 1. The predicted octanol–water partition coefficient (Wildman–Crippen LogP) is 5.40. The Morgan fingerprint density at radius 1 is 1.00 bits per heavy atom. The van der Waals surface area contributed by atoms with Crippen molar-refractivity contribution in [3.8, 4) is 11.5 Å². The highest BCUT2D eigenvalue weighted by Crippen LogP contribution is 2.44. The van der Waals surface area contributed by atoms with Crippen molar-refractivity contribution in [3.63, 3.8) is 0 Å². The molecule has 2 aromatic rings. The van der Waals surface area contributed by atoms with E-state index in [2.05, 4.69) is 19.9 Å². The first kappa shape index (κ1) is 13.0. The van der Waals surface area contributed by atoms with Crippen molar-refractivity contribution in [1.29, 1.82) is 0 Å². The quantitative estimate of drug-likeness (QED) is 0.580. The Morgan fingerprint density at radius 2 is 1.85 bits per heavy atom. The molecule has 3 rings (SSSR count). The average molecular weight is 266 g/mol. The normalized spacial score (nSPS) is 12.1. The maximum Gasteiger partial charge on any atom is 0.153 e. The maximum absolute atomic E-state index is 5.99. The highest BCUT2D eigenvalue weighted by Gasteiger charge is 2.21. The third-order valence-corrected chi connectivity index (χ3v) is 3.83. The summed E-state index contributed by atoms with van der Waals surface area (Å²) in [7, 11) is 0. The van der Waals surface area contributed by atoms with Gasteiger partial charge >= 0.3 is 0 Å². The lowest BCUT2D eigenvalue weighted by atomic mass is 9.98. The van der Waals surface area contributed by atoms with Crippen LogP contribution in [0.25, 0.3) is 0 Å². The first-order chi connectivity index (χ1) is 9.79. The first-order valence-corrected chi connectivity index (χ1v) is 7.40. The number of rotatable bonds is 4. The largest absolute Gasteiger partial charge is 0.453 e. The molecule has 20 heavy (non-hydrogen) atoms. The molecular weight excluding hydrogens is 246 g/mol. The number of unbranched alkanes of at least 4 members (excludes halogenated alkanes) is 2. The highest BCUT2D eigenvalue weighted by atomic mass is 16.5. The molecule has 1 aliphatic heterocycles. The van der Waals surface area contributed by atoms with E-state index in [1.807, 2.05) is 30.3 Å². The molecule has 1 aliphatic rings. The number of fused-ring (bicyclic) bond motifs is 2. The summed E-state index contributed by atoms with van der Waals surface area (Å²) in [5.41, 5.74) is 4.61. The molecular formula is C18H20NO. The van der Waals surface area contributed by atoms with Gasteiger partial charge in [0.2, 0.25) is 0 Å². The molecule has 0 unspecified atom stereocenters. The Bertz CT molecular complexity index is 619. The summed E-state index contributed by atoms with van der Waals surface area (Å²) < 4.78 is 5.99. The molecule has 2 nitrogen and oxygen atoms in total. The van der Waals surface area contributed by atoms with Gasteiger partial charge in [-0.1, -0.05) is 38.0 Å². The first-order valence-electron chi connectivity index (χ1n) is 7.40. The van der Waals surface area contributed by atoms with Crippen LogP contribution in [0.2, 0.25) is 0 Å². The molecule has 103 valence electrons. The molecule has 0 aliphatic carbocycles. The van der Waals surface area contributed by atoms with Gasteiger partial charge in [-0.3, -0.25) is 0 Å². The van der Waals surface area contributed by atoms with Crippen LogP contribution in [0.15, 0.2) is 36.4 Å². The van der Waals surface area contributed by atoms with Gasteiger partial charge in [-0.05, 0) is 49.1 Å². The van der Waals surface area contributed by atoms with E-state index in [4.69, 9.17) is 10.1 Å². The Labute approximate surface area is 120 Å². The van der Waals surface area contributed by atoms with Gasteiger partial charge in [-0.2, -0.15) is 0 Å². The Morgan fingerprint density at radius 3 is 2.70 bits per heavy atom. The SMILES string of the molecule is CCCCCc1c(C)ccc2c1[N]c1ccccc1O2. The second-order valence-electron chi connectivity index (χ2n) is 5.35. The average Bonchev–Trinajstić information content (AvgIpc) is 2.48. The van der Waals surface area contributed by atoms with Gasteiger partial charge in [0.25, 0.3) is 0 Å². The van der Waals surface area contributed by atoms with Gasteiger partial charge in [0.1, 0.15) is 11.4 Å². The van der Waals surface area contributed by atoms with E-state index in [-0.39, 0.29) is 0 Å². The third kappa shape index (κ3) is 2.38. The summed E-state index contributed by atoms with van der Waals surface area (Å²) in [5, 5.41) is 4.82. The van der Waals surface area contributed by atoms with E-state index in [0.29, 0.717) is 0 Å². The van der Waals surface area contributed by atoms with Crippen molar-refractivity contribution in [1.82, 2.24) is 5.32 Å². The van der Waals surface area contributed by atoms with Crippen LogP contribution in [0.1, 0.15) is 37.3 Å². The van der Waals surface area contributed by atoms with Crippen molar-refractivity contribution in [2.45, 2.75) is 39.5 Å². The Balaban J connectivity index is 1.94. The second-order valence-corrected chi connectivity index (χ2v) is 5.35. The predicted molar refractivity (Wildman–Crippen MR) is 82.4 cm³/mol. The van der Waals surface area contributed by atoms with Crippen molar-refractivity contribution < 1.29 is 4.74 Å². The molecule has 0 saturated heterocycles. The van der Waals surface area contributed by atoms with E-state index < -0.39 is 0 Å². The van der Waals surface area contributed by atoms with Crippen LogP contribution in [0, 0.1) is 6.92 Å². The van der Waals surface area contributed by atoms with Gasteiger partial charge < -0.3 is 4.74 Å². The van der Waals surface area contributed by atoms with Crippen LogP contribution in [0.4, 0.5) is 11.4 Å². The Kier molecular flexibility index (Phi) is 3.64. The van der Waals surface area contributed by atoms with Gasteiger partial charge in [0, 0.05) is 0 Å². The molecule has 0 atom stereocenters. The minimum Gasteiger partial charge on any atom is -0.453 e. The lowest BCUT2D eigenvalue weighted by molar-refractivity contribution is 0.470. The summed E-state index contributed by atoms with van der Waals surface area (Å²) >= 11 is 0. The number of benzene rings is 2. The highest BCUT2D eigenvalue weighted by molar-refractivity contribution is 5.71. The monoisotopic (exact) mass is 266 g/mol. The minimum absolute atomic E-state index is 0.850. The summed E-state index contributed by atoms with van der Waals surface area (Å²) in [4.78, 5) is 0. The van der Waals surface area contributed by atoms with Gasteiger partial charge in [-0.15, -0.1) is 0 Å². The summed E-state index contributed by atoms with van der Waals surface area (Å²) in [6.07, 6.45) is 4.80. The van der Waals surface area contributed by atoms with Gasteiger partial charge in [0.05, 0.1) is 0 Å². The van der Waals surface area contributed by atoms with Crippen LogP contribution in [-0.2, 0) is 6.42 Å². The molecule has 2 heteroatoms. The third-order valence-electron chi connectivity index (χ3n) is 3.83. The molecule has 0 N–H and O–H groups in total. The molecule has 1 heterocycles. The van der Waals surface area contributed by atoms with Crippen LogP contribution in [0.3, 0.4) is 0 Å². The van der Waals surface area contributed by atoms with Crippen LogP contribution < -0.4 is 10.1 Å². The zero-order chi connectivity index (χ0) is 13.9. The van der Waals surface area contributed by atoms with Crippen molar-refractivity contribution >= 4 is 11.4 Å². The topological polar surface area (TPSA) is 23.3 Å². The number of ether oxygens (including phenoxy) is 1.